The highest BCUT2D eigenvalue weighted by Gasteiger charge is 2.31. The standard InChI is InChI=1S/C16H20N4O2/c1-10(2)22-16(21)12-4-3-5-13(8-12)20-15(11-6-7-11)14(9-17)18-19-20/h3-5,8,10-11H,6-7,9,17H2,1-2H3. The van der Waals surface area contributed by atoms with E-state index in [0.29, 0.717) is 18.0 Å². The average molecular weight is 300 g/mol. The summed E-state index contributed by atoms with van der Waals surface area (Å²) in [4.78, 5) is 12.0. The van der Waals surface area contributed by atoms with Crippen molar-refractivity contribution in [2.24, 2.45) is 5.73 Å². The van der Waals surface area contributed by atoms with E-state index in [2.05, 4.69) is 10.3 Å². The Morgan fingerprint density at radius 3 is 2.86 bits per heavy atom. The lowest BCUT2D eigenvalue weighted by molar-refractivity contribution is 0.0378. The first-order chi connectivity index (χ1) is 10.6. The molecule has 2 N–H and O–H groups in total. The van der Waals surface area contributed by atoms with Crippen LogP contribution in [-0.2, 0) is 11.3 Å². The molecule has 1 saturated carbocycles. The first-order valence-corrected chi connectivity index (χ1v) is 7.56. The molecule has 1 aliphatic carbocycles. The zero-order valence-corrected chi connectivity index (χ0v) is 12.8. The summed E-state index contributed by atoms with van der Waals surface area (Å²) in [5, 5.41) is 8.38. The minimum absolute atomic E-state index is 0.145. The molecule has 2 aromatic rings. The smallest absolute Gasteiger partial charge is 0.338 e. The Bertz CT molecular complexity index is 689. The summed E-state index contributed by atoms with van der Waals surface area (Å²) in [5.74, 6) is 0.142. The molecule has 1 aromatic heterocycles. The third-order valence-electron chi connectivity index (χ3n) is 3.61. The predicted octanol–water partition coefficient (Wildman–Crippen LogP) is 2.17. The number of hydrogen-bond acceptors (Lipinski definition) is 5. The van der Waals surface area contributed by atoms with Gasteiger partial charge in [-0.3, -0.25) is 0 Å². The number of ether oxygens (including phenoxy) is 1. The molecule has 3 rings (SSSR count). The lowest BCUT2D eigenvalue weighted by Gasteiger charge is -2.10. The second-order valence-electron chi connectivity index (χ2n) is 5.82. The third-order valence-corrected chi connectivity index (χ3v) is 3.61. The molecule has 1 fully saturated rings. The van der Waals surface area contributed by atoms with Gasteiger partial charge in [0.05, 0.1) is 23.0 Å². The number of rotatable bonds is 5. The predicted molar refractivity (Wildman–Crippen MR) is 81.8 cm³/mol. The summed E-state index contributed by atoms with van der Waals surface area (Å²) in [6.45, 7) is 4.04. The van der Waals surface area contributed by atoms with Crippen LogP contribution in [0.3, 0.4) is 0 Å². The van der Waals surface area contributed by atoms with Crippen molar-refractivity contribution in [3.63, 3.8) is 0 Å². The van der Waals surface area contributed by atoms with Crippen molar-refractivity contribution >= 4 is 5.97 Å². The number of esters is 1. The molecular formula is C16H20N4O2. The summed E-state index contributed by atoms with van der Waals surface area (Å²) in [5.41, 5.74) is 8.97. The lowest BCUT2D eigenvalue weighted by Crippen LogP contribution is -2.12. The number of hydrogen-bond donors (Lipinski definition) is 1. The van der Waals surface area contributed by atoms with Crippen LogP contribution in [0.15, 0.2) is 24.3 Å². The Morgan fingerprint density at radius 1 is 1.45 bits per heavy atom. The van der Waals surface area contributed by atoms with Crippen molar-refractivity contribution in [2.45, 2.75) is 45.3 Å². The molecule has 116 valence electrons. The quantitative estimate of drug-likeness (QED) is 0.856. The van der Waals surface area contributed by atoms with Crippen LogP contribution in [-0.4, -0.2) is 27.1 Å². The molecule has 0 aliphatic heterocycles. The minimum atomic E-state index is -0.330. The van der Waals surface area contributed by atoms with Gasteiger partial charge in [-0.15, -0.1) is 5.10 Å². The zero-order chi connectivity index (χ0) is 15.7. The minimum Gasteiger partial charge on any atom is -0.459 e. The van der Waals surface area contributed by atoms with Crippen LogP contribution in [0.1, 0.15) is 54.4 Å². The summed E-state index contributed by atoms with van der Waals surface area (Å²) in [7, 11) is 0. The van der Waals surface area contributed by atoms with Crippen molar-refractivity contribution in [1.29, 1.82) is 0 Å². The van der Waals surface area contributed by atoms with Crippen LogP contribution in [0.25, 0.3) is 5.69 Å². The maximum atomic E-state index is 12.0. The zero-order valence-electron chi connectivity index (χ0n) is 12.8. The highest BCUT2D eigenvalue weighted by atomic mass is 16.5. The number of nitrogens with two attached hydrogens (primary N) is 1. The second-order valence-corrected chi connectivity index (χ2v) is 5.82. The number of aromatic nitrogens is 3. The van der Waals surface area contributed by atoms with E-state index in [1.54, 1.807) is 16.8 Å². The normalized spacial score (nSPS) is 14.4. The van der Waals surface area contributed by atoms with Crippen molar-refractivity contribution < 1.29 is 9.53 Å². The van der Waals surface area contributed by atoms with Gasteiger partial charge in [-0.25, -0.2) is 9.48 Å². The van der Waals surface area contributed by atoms with Crippen molar-refractivity contribution in [1.82, 2.24) is 15.0 Å². The number of carbonyl (C=O) groups is 1. The summed E-state index contributed by atoms with van der Waals surface area (Å²) >= 11 is 0. The van der Waals surface area contributed by atoms with Gasteiger partial charge in [0.25, 0.3) is 0 Å². The van der Waals surface area contributed by atoms with Crippen LogP contribution in [0.4, 0.5) is 0 Å². The topological polar surface area (TPSA) is 83.0 Å². The largest absolute Gasteiger partial charge is 0.459 e. The van der Waals surface area contributed by atoms with Crippen molar-refractivity contribution in [2.75, 3.05) is 0 Å². The Morgan fingerprint density at radius 2 is 2.23 bits per heavy atom. The maximum Gasteiger partial charge on any atom is 0.338 e. The second kappa shape index (κ2) is 5.88. The molecule has 22 heavy (non-hydrogen) atoms. The Labute approximate surface area is 129 Å². The van der Waals surface area contributed by atoms with Gasteiger partial charge in [-0.1, -0.05) is 11.3 Å². The van der Waals surface area contributed by atoms with Gasteiger partial charge in [0.2, 0.25) is 0 Å². The molecule has 6 heteroatoms. The molecular weight excluding hydrogens is 280 g/mol. The number of nitrogens with zero attached hydrogens (tertiary/aromatic N) is 3. The molecule has 0 unspecified atom stereocenters. The van der Waals surface area contributed by atoms with Crippen LogP contribution in [0.5, 0.6) is 0 Å². The first-order valence-electron chi connectivity index (χ1n) is 7.56. The summed E-state index contributed by atoms with van der Waals surface area (Å²) < 4.78 is 7.04. The van der Waals surface area contributed by atoms with Gasteiger partial charge in [0.15, 0.2) is 0 Å². The molecule has 0 radical (unpaired) electrons. The van der Waals surface area contributed by atoms with Gasteiger partial charge < -0.3 is 10.5 Å². The fourth-order valence-electron chi connectivity index (χ4n) is 2.47. The molecule has 6 nitrogen and oxygen atoms in total. The van der Waals surface area contributed by atoms with Crippen molar-refractivity contribution in [3.8, 4) is 5.69 Å². The van der Waals surface area contributed by atoms with E-state index in [1.165, 1.54) is 0 Å². The fraction of sp³-hybridized carbons (Fsp3) is 0.438. The number of carbonyl (C=O) groups excluding carboxylic acids is 1. The van der Waals surface area contributed by atoms with Gasteiger partial charge in [0, 0.05) is 12.5 Å². The monoisotopic (exact) mass is 300 g/mol. The van der Waals surface area contributed by atoms with E-state index >= 15 is 0 Å². The lowest BCUT2D eigenvalue weighted by atomic mass is 10.1. The molecule has 0 saturated heterocycles. The average Bonchev–Trinajstić information content (AvgIpc) is 3.25. The molecule has 0 spiro atoms. The molecule has 0 atom stereocenters. The molecule has 1 aliphatic rings. The number of benzene rings is 1. The summed E-state index contributed by atoms with van der Waals surface area (Å²) in [6, 6.07) is 7.26. The van der Waals surface area contributed by atoms with E-state index in [0.717, 1.165) is 29.9 Å². The third kappa shape index (κ3) is 2.87. The van der Waals surface area contributed by atoms with E-state index in [9.17, 15) is 4.79 Å². The van der Waals surface area contributed by atoms with Crippen LogP contribution >= 0.6 is 0 Å². The highest BCUT2D eigenvalue weighted by Crippen LogP contribution is 2.41. The fourth-order valence-corrected chi connectivity index (χ4v) is 2.47. The first kappa shape index (κ1) is 14.7. The van der Waals surface area contributed by atoms with E-state index in [-0.39, 0.29) is 12.1 Å². The van der Waals surface area contributed by atoms with Gasteiger partial charge in [-0.05, 0) is 44.9 Å². The van der Waals surface area contributed by atoms with E-state index in [4.69, 9.17) is 10.5 Å². The Balaban J connectivity index is 1.96. The van der Waals surface area contributed by atoms with E-state index in [1.807, 2.05) is 26.0 Å². The molecule has 1 aromatic carbocycles. The highest BCUT2D eigenvalue weighted by molar-refractivity contribution is 5.90. The van der Waals surface area contributed by atoms with Crippen molar-refractivity contribution in [3.05, 3.63) is 41.2 Å². The van der Waals surface area contributed by atoms with Crippen LogP contribution in [0, 0.1) is 0 Å². The Hall–Kier alpha value is -2.21. The van der Waals surface area contributed by atoms with Gasteiger partial charge in [-0.2, -0.15) is 0 Å². The van der Waals surface area contributed by atoms with Gasteiger partial charge >= 0.3 is 5.97 Å². The van der Waals surface area contributed by atoms with Crippen LogP contribution in [0.2, 0.25) is 0 Å². The van der Waals surface area contributed by atoms with Crippen LogP contribution < -0.4 is 5.73 Å². The SMILES string of the molecule is CC(C)OC(=O)c1cccc(-n2nnc(CN)c2C2CC2)c1. The maximum absolute atomic E-state index is 12.0. The molecule has 1 heterocycles. The molecule has 0 amide bonds. The van der Waals surface area contributed by atoms with E-state index < -0.39 is 0 Å². The molecule has 0 bridgehead atoms. The summed E-state index contributed by atoms with van der Waals surface area (Å²) in [6.07, 6.45) is 2.12. The Kier molecular flexibility index (Phi) is 3.94. The van der Waals surface area contributed by atoms with Gasteiger partial charge in [0.1, 0.15) is 5.69 Å².